The number of nitrogens with two attached hydrogens (primary N) is 2. The third-order valence-electron chi connectivity index (χ3n) is 5.72. The van der Waals surface area contributed by atoms with Gasteiger partial charge in [-0.1, -0.05) is 19.4 Å². The van der Waals surface area contributed by atoms with Crippen molar-refractivity contribution in [2.24, 2.45) is 11.6 Å². The summed E-state index contributed by atoms with van der Waals surface area (Å²) in [5, 5.41) is 1.30. The molecule has 0 unspecified atom stereocenters. The van der Waals surface area contributed by atoms with Crippen LogP contribution in [0.2, 0.25) is 0 Å². The van der Waals surface area contributed by atoms with Crippen molar-refractivity contribution < 1.29 is 8.78 Å². The van der Waals surface area contributed by atoms with E-state index in [1.54, 1.807) is 31.4 Å². The lowest BCUT2D eigenvalue weighted by Crippen LogP contribution is -2.33. The Bertz CT molecular complexity index is 1010. The van der Waals surface area contributed by atoms with Gasteiger partial charge in [0.25, 0.3) is 12.0 Å². The average molecular weight is 447 g/mol. The molecular formula is C23H32F2N6O. The second kappa shape index (κ2) is 10.6. The van der Waals surface area contributed by atoms with Gasteiger partial charge in [-0.3, -0.25) is 4.79 Å². The molecule has 174 valence electrons. The highest BCUT2D eigenvalue weighted by molar-refractivity contribution is 5.65. The first kappa shape index (κ1) is 23.7. The van der Waals surface area contributed by atoms with Crippen molar-refractivity contribution in [1.29, 1.82) is 0 Å². The molecule has 1 aliphatic heterocycles. The van der Waals surface area contributed by atoms with Crippen LogP contribution in [0.4, 0.5) is 14.5 Å². The summed E-state index contributed by atoms with van der Waals surface area (Å²) in [5.41, 5.74) is 8.13. The van der Waals surface area contributed by atoms with E-state index in [9.17, 15) is 13.6 Å². The lowest BCUT2D eigenvalue weighted by atomic mass is 10.1. The number of likely N-dealkylation sites (N-methyl/N-ethyl adjacent to an activating group) is 1. The number of aromatic nitrogens is 2. The summed E-state index contributed by atoms with van der Waals surface area (Å²) < 4.78 is 29.3. The molecule has 1 aliphatic rings. The van der Waals surface area contributed by atoms with Gasteiger partial charge in [-0.25, -0.2) is 19.6 Å². The predicted molar refractivity (Wildman–Crippen MR) is 123 cm³/mol. The third kappa shape index (κ3) is 5.45. The number of allylic oxidation sites excluding steroid dienone is 1. The number of hydrazine groups is 1. The van der Waals surface area contributed by atoms with Crippen molar-refractivity contribution in [3.05, 3.63) is 63.5 Å². The van der Waals surface area contributed by atoms with E-state index < -0.39 is 6.43 Å². The van der Waals surface area contributed by atoms with Crippen LogP contribution in [0.15, 0.2) is 41.0 Å². The van der Waals surface area contributed by atoms with Gasteiger partial charge in [-0.05, 0) is 43.4 Å². The molecule has 2 aromatic heterocycles. The summed E-state index contributed by atoms with van der Waals surface area (Å²) in [6.07, 6.45) is 3.88. The van der Waals surface area contributed by atoms with Gasteiger partial charge in [0.15, 0.2) is 0 Å². The van der Waals surface area contributed by atoms with E-state index in [2.05, 4.69) is 11.9 Å². The highest BCUT2D eigenvalue weighted by atomic mass is 19.3. The van der Waals surface area contributed by atoms with Crippen molar-refractivity contribution in [1.82, 2.24) is 14.6 Å². The number of halogens is 2. The van der Waals surface area contributed by atoms with Gasteiger partial charge in [0.05, 0.1) is 29.3 Å². The molecule has 7 nitrogen and oxygen atoms in total. The quantitative estimate of drug-likeness (QED) is 0.478. The zero-order valence-electron chi connectivity index (χ0n) is 18.7. The zero-order valence-corrected chi connectivity index (χ0v) is 18.7. The normalized spacial score (nSPS) is 15.1. The summed E-state index contributed by atoms with van der Waals surface area (Å²) in [7, 11) is 1.60. The monoisotopic (exact) mass is 446 g/mol. The molecule has 2 aromatic rings. The number of rotatable bonds is 8. The molecule has 0 amide bonds. The van der Waals surface area contributed by atoms with Crippen LogP contribution >= 0.6 is 0 Å². The number of nitrogens with zero attached hydrogens (tertiary/aromatic N) is 4. The largest absolute Gasteiger partial charge is 0.395 e. The SMILES string of the molecule is CCCc1ccc(=O)n(C/C(=C(/N)c2ccc(N3CCCCC3)c(C(F)F)n2)N(C)N)c1. The fraction of sp³-hybridized carbons (Fsp3) is 0.478. The van der Waals surface area contributed by atoms with Crippen molar-refractivity contribution in [2.45, 2.75) is 52.0 Å². The summed E-state index contributed by atoms with van der Waals surface area (Å²) in [6.45, 7) is 3.64. The summed E-state index contributed by atoms with van der Waals surface area (Å²) in [4.78, 5) is 18.5. The average Bonchev–Trinajstić information content (AvgIpc) is 2.79. The molecule has 3 heterocycles. The van der Waals surface area contributed by atoms with Crippen LogP contribution in [0.3, 0.4) is 0 Å². The molecular weight excluding hydrogens is 414 g/mol. The van der Waals surface area contributed by atoms with Crippen molar-refractivity contribution in [3.8, 4) is 0 Å². The predicted octanol–water partition coefficient (Wildman–Crippen LogP) is 3.26. The lowest BCUT2D eigenvalue weighted by molar-refractivity contribution is 0.146. The smallest absolute Gasteiger partial charge is 0.282 e. The van der Waals surface area contributed by atoms with E-state index in [1.165, 1.54) is 15.6 Å². The molecule has 9 heteroatoms. The number of aryl methyl sites for hydroxylation is 1. The first-order valence-corrected chi connectivity index (χ1v) is 11.0. The van der Waals surface area contributed by atoms with Crippen LogP contribution in [0.1, 0.15) is 56.0 Å². The van der Waals surface area contributed by atoms with Crippen LogP contribution < -0.4 is 22.0 Å². The van der Waals surface area contributed by atoms with Crippen molar-refractivity contribution in [3.63, 3.8) is 0 Å². The first-order chi connectivity index (χ1) is 15.3. The maximum absolute atomic E-state index is 13.9. The number of anilines is 1. The Morgan fingerprint density at radius 2 is 1.91 bits per heavy atom. The number of hydrogen-bond acceptors (Lipinski definition) is 6. The third-order valence-corrected chi connectivity index (χ3v) is 5.72. The molecule has 0 spiro atoms. The minimum absolute atomic E-state index is 0.106. The molecule has 1 fully saturated rings. The summed E-state index contributed by atoms with van der Waals surface area (Å²) in [5.74, 6) is 6.01. The molecule has 3 rings (SSSR count). The summed E-state index contributed by atoms with van der Waals surface area (Å²) >= 11 is 0. The van der Waals surface area contributed by atoms with Gasteiger partial charge < -0.3 is 20.2 Å². The Morgan fingerprint density at radius 3 is 2.53 bits per heavy atom. The standard InChI is InChI=1S/C23H32F2N6O/c1-3-7-16-8-11-20(32)31(14-16)15-19(29(2)27)21(26)17-9-10-18(22(28-17)23(24)25)30-12-5-4-6-13-30/h8-11,14,23H,3-7,12-13,15,26-27H2,1-2H3/b21-19-. The number of piperidine rings is 1. The molecule has 0 aromatic carbocycles. The fourth-order valence-corrected chi connectivity index (χ4v) is 4.02. The minimum Gasteiger partial charge on any atom is -0.395 e. The van der Waals surface area contributed by atoms with Gasteiger partial charge >= 0.3 is 0 Å². The van der Waals surface area contributed by atoms with E-state index in [0.717, 1.165) is 50.8 Å². The molecule has 32 heavy (non-hydrogen) atoms. The molecule has 0 saturated carbocycles. The lowest BCUT2D eigenvalue weighted by Gasteiger charge is -2.30. The molecule has 0 atom stereocenters. The molecule has 0 radical (unpaired) electrons. The van der Waals surface area contributed by atoms with Gasteiger partial charge in [-0.15, -0.1) is 0 Å². The van der Waals surface area contributed by atoms with Crippen molar-refractivity contribution >= 4 is 11.4 Å². The van der Waals surface area contributed by atoms with E-state index in [0.29, 0.717) is 11.4 Å². The Morgan fingerprint density at radius 1 is 1.19 bits per heavy atom. The van der Waals surface area contributed by atoms with Crippen LogP contribution in [0.5, 0.6) is 0 Å². The summed E-state index contributed by atoms with van der Waals surface area (Å²) in [6, 6.07) is 6.61. The van der Waals surface area contributed by atoms with E-state index in [4.69, 9.17) is 11.6 Å². The van der Waals surface area contributed by atoms with Crippen molar-refractivity contribution in [2.75, 3.05) is 25.0 Å². The topological polar surface area (TPSA) is 93.4 Å². The van der Waals surface area contributed by atoms with Crippen LogP contribution in [0.25, 0.3) is 5.70 Å². The minimum atomic E-state index is -2.73. The van der Waals surface area contributed by atoms with E-state index >= 15 is 0 Å². The Balaban J connectivity index is 2.00. The second-order valence-electron chi connectivity index (χ2n) is 8.17. The Hall–Kier alpha value is -2.94. The fourth-order valence-electron chi connectivity index (χ4n) is 4.02. The number of pyridine rings is 2. The molecule has 0 bridgehead atoms. The highest BCUT2D eigenvalue weighted by Crippen LogP contribution is 2.31. The number of alkyl halides is 2. The second-order valence-corrected chi connectivity index (χ2v) is 8.17. The molecule has 0 aliphatic carbocycles. The van der Waals surface area contributed by atoms with Gasteiger partial charge in [0.2, 0.25) is 0 Å². The Labute approximate surface area is 187 Å². The van der Waals surface area contributed by atoms with E-state index in [1.807, 2.05) is 4.90 Å². The Kier molecular flexibility index (Phi) is 7.84. The maximum atomic E-state index is 13.9. The van der Waals surface area contributed by atoms with Crippen LogP contribution in [0, 0.1) is 0 Å². The molecule has 4 N–H and O–H groups in total. The zero-order chi connectivity index (χ0) is 23.3. The van der Waals surface area contributed by atoms with Gasteiger partial charge in [-0.2, -0.15) is 0 Å². The van der Waals surface area contributed by atoms with Crippen LogP contribution in [-0.2, 0) is 13.0 Å². The maximum Gasteiger partial charge on any atom is 0.282 e. The molecule has 1 saturated heterocycles. The first-order valence-electron chi connectivity index (χ1n) is 11.0. The van der Waals surface area contributed by atoms with Gasteiger partial charge in [0.1, 0.15) is 5.69 Å². The number of hydrogen-bond donors (Lipinski definition) is 2. The van der Waals surface area contributed by atoms with Gasteiger partial charge in [0, 0.05) is 32.4 Å². The van der Waals surface area contributed by atoms with E-state index in [-0.39, 0.29) is 29.2 Å². The van der Waals surface area contributed by atoms with Crippen LogP contribution in [-0.4, -0.2) is 34.7 Å². The highest BCUT2D eigenvalue weighted by Gasteiger charge is 2.23.